The van der Waals surface area contributed by atoms with Gasteiger partial charge < -0.3 is 0 Å². The normalized spacial score (nSPS) is 69.2. The Kier molecular flexibility index (Phi) is 3.12. The van der Waals surface area contributed by atoms with Crippen molar-refractivity contribution in [1.29, 1.82) is 0 Å². The van der Waals surface area contributed by atoms with E-state index in [1.54, 1.807) is 38.3 Å². The predicted octanol–water partition coefficient (Wildman–Crippen LogP) is 8.17. The zero-order valence-corrected chi connectivity index (χ0v) is 35.3. The maximum atomic E-state index is 4.38. The van der Waals surface area contributed by atoms with Crippen molar-refractivity contribution in [2.24, 2.45) is 23.7 Å². The van der Waals surface area contributed by atoms with E-state index >= 15 is 0 Å². The van der Waals surface area contributed by atoms with E-state index < -0.39 is 6.51 Å². The van der Waals surface area contributed by atoms with Gasteiger partial charge in [-0.3, -0.25) is 0 Å². The van der Waals surface area contributed by atoms with Gasteiger partial charge in [-0.15, -0.1) is 0 Å². The molecule has 53 heavy (non-hydrogen) atoms. The van der Waals surface area contributed by atoms with E-state index in [4.69, 9.17) is 0 Å². The van der Waals surface area contributed by atoms with E-state index in [1.807, 2.05) is 11.1 Å². The Bertz CT molecular complexity index is 2410. The third-order valence-electron chi connectivity index (χ3n) is 27.5. The summed E-state index contributed by atoms with van der Waals surface area (Å²) in [6.45, 7) is 10.3. The molecule has 4 bridgehead atoms. The van der Waals surface area contributed by atoms with Crippen molar-refractivity contribution < 1.29 is 6.51 Å². The second kappa shape index (κ2) is 5.54. The third kappa shape index (κ3) is 0.969. The van der Waals surface area contributed by atoms with Crippen molar-refractivity contribution in [3.63, 3.8) is 0 Å². The summed E-state index contributed by atoms with van der Waals surface area (Å²) in [6, 6.07) is 26.7. The van der Waals surface area contributed by atoms with Crippen molar-refractivity contribution >= 4 is 17.2 Å². The van der Waals surface area contributed by atoms with Gasteiger partial charge in [0.25, 0.3) is 0 Å². The molecule has 0 amide bonds. The molecular formula is C46H62FeN4P2. The van der Waals surface area contributed by atoms with Crippen molar-refractivity contribution in [2.45, 2.75) is 127 Å². The number of piperazine rings is 2. The standard InChI is InChI=1S/C41H57N4P2.C5H5.Fe/c1-40(2,3)47(39-31-19-27-18-28(21-31)22-32(39)20-27)26-34-35(41(46,36-24-42-14-16-44-36)37-25-43-15-17-45-37)23-33(29-10-6-4-7-11-29)38(34)30-12-8-5-9-13-30;1-2-4-5-3-1;/h4-13,23,27-28,31-32,36-37,39,42-45H,14-22,24-26,46H2,1-3H3;1-5H;. The molecule has 12 aliphatic heterocycles. The number of hydrogen-bond acceptors (Lipinski definition) is 4. The van der Waals surface area contributed by atoms with Crippen LogP contribution in [-0.2, 0) is 15.1 Å². The maximum absolute atomic E-state index is 4.77. The van der Waals surface area contributed by atoms with Gasteiger partial charge in [-0.05, 0) is 0 Å². The predicted molar refractivity (Wildman–Crippen MR) is 218 cm³/mol. The minimum atomic E-state index is -4.77. The van der Waals surface area contributed by atoms with Crippen LogP contribution in [0.1, 0.15) is 64.0 Å². The van der Waals surface area contributed by atoms with Crippen molar-refractivity contribution in [2.75, 3.05) is 45.4 Å². The zero-order chi connectivity index (χ0) is 34.9. The molecule has 4 nitrogen and oxygen atoms in total. The zero-order valence-electron chi connectivity index (χ0n) is 32.1. The van der Waals surface area contributed by atoms with Gasteiger partial charge in [-0.1, -0.05) is 0 Å². The number of rotatable bonds is 8. The fraction of sp³-hybridized carbons (Fsp3) is 0.739. The summed E-state index contributed by atoms with van der Waals surface area (Å²) in [4.78, 5) is 6.84. The second-order valence-corrected chi connectivity index (χ2v) is 51.7. The molecule has 18 rings (SSSR count). The number of hydrogen-bond donors (Lipinski definition) is 4. The summed E-state index contributed by atoms with van der Waals surface area (Å²) in [7, 11) is 3.86. The van der Waals surface area contributed by atoms with Crippen LogP contribution in [0.25, 0.3) is 0 Å². The molecular weight excluding hydrogens is 726 g/mol. The Morgan fingerprint density at radius 1 is 0.698 bits per heavy atom. The molecule has 12 heterocycles. The first kappa shape index (κ1) is 29.8. The van der Waals surface area contributed by atoms with E-state index in [2.05, 4.69) is 112 Å². The molecule has 2 aromatic carbocycles. The van der Waals surface area contributed by atoms with Crippen molar-refractivity contribution in [3.8, 4) is 0 Å². The summed E-state index contributed by atoms with van der Waals surface area (Å²) < 4.78 is 2.18. The summed E-state index contributed by atoms with van der Waals surface area (Å²) in [6.07, 6.45) is 9.59. The number of benzene rings is 2. The molecule has 16 fully saturated rings. The summed E-state index contributed by atoms with van der Waals surface area (Å²) >= 11 is 0. The molecule has 4 N–H and O–H groups in total. The van der Waals surface area contributed by atoms with Gasteiger partial charge in [-0.25, -0.2) is 0 Å². The first-order chi connectivity index (χ1) is 25.5. The van der Waals surface area contributed by atoms with Crippen LogP contribution in [0.4, 0.5) is 0 Å². The average Bonchev–Trinajstić information content (AvgIpc) is 4.13. The van der Waals surface area contributed by atoms with Gasteiger partial charge in [0.2, 0.25) is 0 Å². The molecule has 2 aromatic rings. The van der Waals surface area contributed by atoms with Crippen LogP contribution < -0.4 is 21.3 Å². The molecule has 0 radical (unpaired) electrons. The first-order valence-corrected chi connectivity index (χ1v) is 30.5. The first-order valence-electron chi connectivity index (χ1n) is 22.3. The molecule has 9 atom stereocenters. The molecule has 284 valence electrons. The molecule has 16 aliphatic rings. The van der Waals surface area contributed by atoms with Crippen LogP contribution >= 0.6 is 17.2 Å². The van der Waals surface area contributed by atoms with Gasteiger partial charge in [0.05, 0.1) is 0 Å². The monoisotopic (exact) mass is 788 g/mol. The fourth-order valence-electron chi connectivity index (χ4n) is 30.6. The minimum absolute atomic E-state index is 0.131. The van der Waals surface area contributed by atoms with E-state index in [1.165, 1.54) is 0 Å². The Hall–Kier alpha value is -0.341. The summed E-state index contributed by atoms with van der Waals surface area (Å²) in [5.74, 6) is 4.19. The van der Waals surface area contributed by atoms with Crippen LogP contribution in [-0.4, -0.2) is 73.5 Å². The number of fused-ring (bicyclic) bond motifs is 10. The quantitative estimate of drug-likeness (QED) is 0.161. The Balaban J connectivity index is 0.999. The fourth-order valence-corrected chi connectivity index (χ4v) is 123. The third-order valence-corrected chi connectivity index (χ3v) is 77.9. The van der Waals surface area contributed by atoms with Gasteiger partial charge in [0.15, 0.2) is 0 Å². The van der Waals surface area contributed by atoms with Crippen LogP contribution in [0.5, 0.6) is 0 Å². The van der Waals surface area contributed by atoms with E-state index in [0.29, 0.717) is 34.5 Å². The van der Waals surface area contributed by atoms with Crippen LogP contribution in [0.15, 0.2) is 60.7 Å². The van der Waals surface area contributed by atoms with Crippen LogP contribution in [0.3, 0.4) is 0 Å². The number of nitrogens with one attached hydrogen (secondary N) is 4. The van der Waals surface area contributed by atoms with E-state index in [-0.39, 0.29) is 13.1 Å². The molecule has 9 unspecified atom stereocenters. The SMILES string of the molecule is CC(C)(C)P(C[C]12[C]3(c4ccccc4)[C]4(c5ccccc5)[CH]5[C]1(C(P)(C1CNCCN1)C1CNCCN1)[Fe]54231678[CH]2[CH]1[CH]6[CH]7[CH]28)C1C2CC3CC(C2)CC1C3. The van der Waals surface area contributed by atoms with Gasteiger partial charge in [-0.2, -0.15) is 0 Å². The molecule has 7 heteroatoms. The molecule has 4 aliphatic carbocycles. The van der Waals surface area contributed by atoms with E-state index in [9.17, 15) is 0 Å². The second-order valence-electron chi connectivity index (χ2n) is 24.8. The molecule has 0 aromatic heterocycles. The Labute approximate surface area is 311 Å². The Morgan fingerprint density at radius 3 is 1.66 bits per heavy atom. The van der Waals surface area contributed by atoms with Gasteiger partial charge >= 0.3 is 313 Å². The van der Waals surface area contributed by atoms with Crippen LogP contribution in [0, 0.1) is 23.7 Å². The van der Waals surface area contributed by atoms with Crippen LogP contribution in [0.2, 0.25) is 37.5 Å². The Morgan fingerprint density at radius 2 is 1.21 bits per heavy atom. The molecule has 1 spiro atoms. The van der Waals surface area contributed by atoms with Crippen molar-refractivity contribution in [1.82, 2.24) is 21.3 Å². The topological polar surface area (TPSA) is 48.1 Å². The summed E-state index contributed by atoms with van der Waals surface area (Å²) in [5, 5.41) is 17.4. The molecule has 4 saturated carbocycles. The van der Waals surface area contributed by atoms with Gasteiger partial charge in [0.1, 0.15) is 0 Å². The average molecular weight is 789 g/mol. The summed E-state index contributed by atoms with van der Waals surface area (Å²) in [5.41, 5.74) is 4.79. The van der Waals surface area contributed by atoms with E-state index in [0.717, 1.165) is 97.5 Å². The molecule has 12 saturated heterocycles. The van der Waals surface area contributed by atoms with Gasteiger partial charge in [0, 0.05) is 0 Å². The van der Waals surface area contributed by atoms with Crippen molar-refractivity contribution in [3.05, 3.63) is 71.8 Å².